The van der Waals surface area contributed by atoms with Crippen LogP contribution in [-0.4, -0.2) is 90.5 Å². The largest absolute Gasteiger partial charge is 0.376 e. The minimum absolute atomic E-state index is 0.000401. The molecule has 34 heavy (non-hydrogen) atoms. The first-order valence-corrected chi connectivity index (χ1v) is 12.2. The van der Waals surface area contributed by atoms with Gasteiger partial charge in [-0.3, -0.25) is 4.79 Å². The van der Waals surface area contributed by atoms with Gasteiger partial charge in [0, 0.05) is 51.4 Å². The predicted molar refractivity (Wildman–Crippen MR) is 131 cm³/mol. The molecule has 0 spiro atoms. The van der Waals surface area contributed by atoms with Gasteiger partial charge in [0.1, 0.15) is 6.54 Å². The Morgan fingerprint density at radius 3 is 2.59 bits per heavy atom. The van der Waals surface area contributed by atoms with E-state index in [0.29, 0.717) is 50.9 Å². The maximum atomic E-state index is 13.0. The summed E-state index contributed by atoms with van der Waals surface area (Å²) in [6.07, 6.45) is 1.91. The van der Waals surface area contributed by atoms with Crippen molar-refractivity contribution in [2.45, 2.75) is 25.9 Å². The molecule has 1 aromatic heterocycles. The van der Waals surface area contributed by atoms with Crippen molar-refractivity contribution in [3.05, 3.63) is 41.4 Å². The zero-order valence-corrected chi connectivity index (χ0v) is 20.2. The SMILES string of the molecule is CCNC(=O)N(CC(=O)N1CCN(c2ccc(-c3ccccc3Cl)nn2)CC1)C[C@H]1CCCO1. The van der Waals surface area contributed by atoms with Crippen molar-refractivity contribution in [2.75, 3.05) is 57.3 Å². The number of benzene rings is 1. The van der Waals surface area contributed by atoms with Gasteiger partial charge >= 0.3 is 6.03 Å². The second kappa shape index (κ2) is 11.5. The monoisotopic (exact) mass is 486 g/mol. The molecular formula is C24H31ClN6O3. The van der Waals surface area contributed by atoms with Crippen molar-refractivity contribution in [1.82, 2.24) is 25.3 Å². The molecule has 2 aliphatic heterocycles. The summed E-state index contributed by atoms with van der Waals surface area (Å²) in [5.74, 6) is 0.717. The molecule has 4 rings (SSSR count). The third kappa shape index (κ3) is 5.95. The van der Waals surface area contributed by atoms with Crippen LogP contribution < -0.4 is 10.2 Å². The molecule has 0 unspecified atom stereocenters. The van der Waals surface area contributed by atoms with Gasteiger partial charge in [-0.2, -0.15) is 0 Å². The lowest BCUT2D eigenvalue weighted by molar-refractivity contribution is -0.132. The van der Waals surface area contributed by atoms with Crippen LogP contribution in [0.2, 0.25) is 5.02 Å². The van der Waals surface area contributed by atoms with Crippen LogP contribution in [0.15, 0.2) is 36.4 Å². The summed E-state index contributed by atoms with van der Waals surface area (Å²) < 4.78 is 5.67. The standard InChI is InChI=1S/C24H31ClN6O3/c1-2-26-24(33)31(16-18-6-5-15-34-18)17-23(32)30-13-11-29(12-14-30)22-10-9-21(27-28-22)19-7-3-4-8-20(19)25/h3-4,7-10,18H,2,5-6,11-17H2,1H3,(H,26,33)/t18-/m1/s1. The van der Waals surface area contributed by atoms with Crippen molar-refractivity contribution in [3.8, 4) is 11.3 Å². The highest BCUT2D eigenvalue weighted by Gasteiger charge is 2.28. The van der Waals surface area contributed by atoms with Crippen LogP contribution in [0.3, 0.4) is 0 Å². The van der Waals surface area contributed by atoms with Crippen LogP contribution >= 0.6 is 11.6 Å². The number of piperazine rings is 1. The molecule has 2 aromatic rings. The quantitative estimate of drug-likeness (QED) is 0.647. The first-order valence-electron chi connectivity index (χ1n) is 11.8. The van der Waals surface area contributed by atoms with Gasteiger partial charge in [0.15, 0.2) is 5.82 Å². The molecule has 0 saturated carbocycles. The molecule has 0 bridgehead atoms. The average Bonchev–Trinajstić information content (AvgIpc) is 3.37. The number of nitrogens with one attached hydrogen (secondary N) is 1. The number of carbonyl (C=O) groups excluding carboxylic acids is 2. The van der Waals surface area contributed by atoms with Crippen LogP contribution in [0.25, 0.3) is 11.3 Å². The normalized spacial score (nSPS) is 18.1. The van der Waals surface area contributed by atoms with Crippen molar-refractivity contribution in [2.24, 2.45) is 0 Å². The molecule has 2 saturated heterocycles. The summed E-state index contributed by atoms with van der Waals surface area (Å²) in [6, 6.07) is 11.2. The van der Waals surface area contributed by atoms with Crippen LogP contribution in [0.5, 0.6) is 0 Å². The molecule has 10 heteroatoms. The van der Waals surface area contributed by atoms with Gasteiger partial charge in [-0.1, -0.05) is 29.8 Å². The van der Waals surface area contributed by atoms with Crippen molar-refractivity contribution >= 4 is 29.4 Å². The molecule has 0 radical (unpaired) electrons. The second-order valence-electron chi connectivity index (χ2n) is 8.48. The van der Waals surface area contributed by atoms with Gasteiger partial charge in [-0.15, -0.1) is 10.2 Å². The molecule has 2 fully saturated rings. The number of hydrogen-bond donors (Lipinski definition) is 1. The van der Waals surface area contributed by atoms with Gasteiger partial charge in [-0.25, -0.2) is 4.79 Å². The van der Waals surface area contributed by atoms with Crippen molar-refractivity contribution in [1.29, 1.82) is 0 Å². The zero-order chi connectivity index (χ0) is 23.9. The van der Waals surface area contributed by atoms with Crippen LogP contribution in [-0.2, 0) is 9.53 Å². The summed E-state index contributed by atoms with van der Waals surface area (Å²) in [5, 5.41) is 12.2. The Kier molecular flexibility index (Phi) is 8.18. The summed E-state index contributed by atoms with van der Waals surface area (Å²) in [6.45, 7) is 6.02. The number of anilines is 1. The van der Waals surface area contributed by atoms with Gasteiger partial charge in [0.2, 0.25) is 5.91 Å². The smallest absolute Gasteiger partial charge is 0.317 e. The maximum absolute atomic E-state index is 13.0. The maximum Gasteiger partial charge on any atom is 0.317 e. The predicted octanol–water partition coefficient (Wildman–Crippen LogP) is 2.66. The number of urea groups is 1. The van der Waals surface area contributed by atoms with Crippen LogP contribution in [0, 0.1) is 0 Å². The van der Waals surface area contributed by atoms with E-state index in [0.717, 1.165) is 29.9 Å². The Morgan fingerprint density at radius 2 is 1.94 bits per heavy atom. The van der Waals surface area contributed by atoms with E-state index in [1.807, 2.05) is 48.2 Å². The highest BCUT2D eigenvalue weighted by atomic mass is 35.5. The lowest BCUT2D eigenvalue weighted by Gasteiger charge is -2.36. The summed E-state index contributed by atoms with van der Waals surface area (Å²) in [4.78, 5) is 31.0. The number of rotatable bonds is 7. The Bertz CT molecular complexity index is 975. The van der Waals surface area contributed by atoms with Crippen molar-refractivity contribution in [3.63, 3.8) is 0 Å². The van der Waals surface area contributed by atoms with Crippen LogP contribution in [0.1, 0.15) is 19.8 Å². The van der Waals surface area contributed by atoms with E-state index >= 15 is 0 Å². The molecule has 3 heterocycles. The van der Waals surface area contributed by atoms with E-state index in [9.17, 15) is 9.59 Å². The number of hydrogen-bond acceptors (Lipinski definition) is 6. The van der Waals surface area contributed by atoms with Gasteiger partial charge in [-0.05, 0) is 38.0 Å². The second-order valence-corrected chi connectivity index (χ2v) is 8.88. The first kappa shape index (κ1) is 24.2. The molecule has 9 nitrogen and oxygen atoms in total. The Hall–Kier alpha value is -2.91. The van der Waals surface area contributed by atoms with Gasteiger partial charge in [0.05, 0.1) is 16.8 Å². The molecular weight excluding hydrogens is 456 g/mol. The number of carbonyl (C=O) groups is 2. The number of aromatic nitrogens is 2. The topological polar surface area (TPSA) is 90.9 Å². The fraction of sp³-hybridized carbons (Fsp3) is 0.500. The average molecular weight is 487 g/mol. The lowest BCUT2D eigenvalue weighted by Crippen LogP contribution is -2.54. The highest BCUT2D eigenvalue weighted by molar-refractivity contribution is 6.33. The van der Waals surface area contributed by atoms with Gasteiger partial charge < -0.3 is 24.8 Å². The minimum Gasteiger partial charge on any atom is -0.376 e. The molecule has 1 aromatic carbocycles. The first-order chi connectivity index (χ1) is 16.5. The van der Waals surface area contributed by atoms with E-state index in [1.54, 1.807) is 4.90 Å². The summed E-state index contributed by atoms with van der Waals surface area (Å²) >= 11 is 6.26. The van der Waals surface area contributed by atoms with Gasteiger partial charge in [0.25, 0.3) is 0 Å². The molecule has 1 N–H and O–H groups in total. The number of nitrogens with zero attached hydrogens (tertiary/aromatic N) is 5. The molecule has 3 amide bonds. The Balaban J connectivity index is 1.32. The number of ether oxygens (including phenoxy) is 1. The fourth-order valence-electron chi connectivity index (χ4n) is 4.27. The molecule has 182 valence electrons. The summed E-state index contributed by atoms with van der Waals surface area (Å²) in [5.41, 5.74) is 1.57. The van der Waals surface area contributed by atoms with E-state index in [1.165, 1.54) is 0 Å². The summed E-state index contributed by atoms with van der Waals surface area (Å²) in [7, 11) is 0. The number of halogens is 1. The lowest BCUT2D eigenvalue weighted by atomic mass is 10.1. The third-order valence-corrected chi connectivity index (χ3v) is 6.48. The zero-order valence-electron chi connectivity index (χ0n) is 19.5. The van der Waals surface area contributed by atoms with E-state index in [-0.39, 0.29) is 24.6 Å². The van der Waals surface area contributed by atoms with Crippen LogP contribution in [0.4, 0.5) is 10.6 Å². The molecule has 1 atom stereocenters. The van der Waals surface area contributed by atoms with E-state index < -0.39 is 0 Å². The van der Waals surface area contributed by atoms with E-state index in [2.05, 4.69) is 20.4 Å². The molecule has 0 aliphatic carbocycles. The highest BCUT2D eigenvalue weighted by Crippen LogP contribution is 2.26. The van der Waals surface area contributed by atoms with Crippen molar-refractivity contribution < 1.29 is 14.3 Å². The third-order valence-electron chi connectivity index (χ3n) is 6.15. The Labute approximate surface area is 205 Å². The minimum atomic E-state index is -0.223. The Morgan fingerprint density at radius 1 is 1.15 bits per heavy atom. The van der Waals surface area contributed by atoms with E-state index in [4.69, 9.17) is 16.3 Å². The number of amides is 3. The molecule has 2 aliphatic rings. The fourth-order valence-corrected chi connectivity index (χ4v) is 4.50.